The van der Waals surface area contributed by atoms with Crippen LogP contribution in [-0.4, -0.2) is 15.9 Å². The van der Waals surface area contributed by atoms with Crippen molar-refractivity contribution in [3.05, 3.63) is 52.3 Å². The zero-order valence-electron chi connectivity index (χ0n) is 9.31. The molecule has 5 N–H and O–H groups in total. The minimum atomic E-state index is -0.404. The molecule has 0 atom stereocenters. The lowest BCUT2D eigenvalue weighted by molar-refractivity contribution is 0.0962. The molecule has 92 valence electrons. The number of rotatable bonds is 3. The molecule has 18 heavy (non-hydrogen) atoms. The van der Waals surface area contributed by atoms with Gasteiger partial charge >= 0.3 is 0 Å². The standard InChI is InChI=1S/C11H11N5O2/c12-8-6-9(17)14-11(13-8)16-15-10(18)7-4-2-1-3-5-7/h1-6H,(H,15,18)(H4,12,13,14,16,17). The molecule has 1 aromatic carbocycles. The fourth-order valence-corrected chi connectivity index (χ4v) is 1.31. The van der Waals surface area contributed by atoms with Crippen LogP contribution in [0.5, 0.6) is 0 Å². The van der Waals surface area contributed by atoms with Crippen LogP contribution in [-0.2, 0) is 0 Å². The van der Waals surface area contributed by atoms with Gasteiger partial charge in [-0.2, -0.15) is 4.98 Å². The summed E-state index contributed by atoms with van der Waals surface area (Å²) in [5.41, 5.74) is 10.3. The van der Waals surface area contributed by atoms with Crippen LogP contribution in [0.2, 0.25) is 0 Å². The molecule has 0 bridgehead atoms. The van der Waals surface area contributed by atoms with Crippen molar-refractivity contribution in [2.45, 2.75) is 0 Å². The smallest absolute Gasteiger partial charge is 0.269 e. The molecule has 2 aromatic rings. The Hall–Kier alpha value is -2.83. The first-order valence-corrected chi connectivity index (χ1v) is 5.13. The number of nitrogens with one attached hydrogen (secondary N) is 3. The Morgan fingerprint density at radius 3 is 2.67 bits per heavy atom. The van der Waals surface area contributed by atoms with Gasteiger partial charge in [0.1, 0.15) is 5.82 Å². The summed E-state index contributed by atoms with van der Waals surface area (Å²) in [6, 6.07) is 9.76. The number of aromatic nitrogens is 2. The number of aromatic amines is 1. The number of amides is 1. The Morgan fingerprint density at radius 2 is 2.00 bits per heavy atom. The van der Waals surface area contributed by atoms with Gasteiger partial charge in [-0.25, -0.2) is 0 Å². The van der Waals surface area contributed by atoms with Gasteiger partial charge in [-0.1, -0.05) is 18.2 Å². The summed E-state index contributed by atoms with van der Waals surface area (Å²) in [4.78, 5) is 28.9. The molecular formula is C11H11N5O2. The maximum atomic E-state index is 11.7. The summed E-state index contributed by atoms with van der Waals surface area (Å²) in [6.45, 7) is 0. The Kier molecular flexibility index (Phi) is 3.24. The average molecular weight is 245 g/mol. The van der Waals surface area contributed by atoms with E-state index in [-0.39, 0.29) is 17.7 Å². The first-order chi connectivity index (χ1) is 8.65. The topological polar surface area (TPSA) is 113 Å². The van der Waals surface area contributed by atoms with Crippen LogP contribution in [0.15, 0.2) is 41.2 Å². The summed E-state index contributed by atoms with van der Waals surface area (Å²) in [6.07, 6.45) is 0. The van der Waals surface area contributed by atoms with E-state index < -0.39 is 5.56 Å². The lowest BCUT2D eigenvalue weighted by Crippen LogP contribution is -2.31. The van der Waals surface area contributed by atoms with Gasteiger partial charge in [0.2, 0.25) is 5.95 Å². The van der Waals surface area contributed by atoms with Gasteiger partial charge in [0.05, 0.1) is 0 Å². The van der Waals surface area contributed by atoms with E-state index >= 15 is 0 Å². The summed E-state index contributed by atoms with van der Waals surface area (Å²) >= 11 is 0. The second-order valence-electron chi connectivity index (χ2n) is 3.46. The van der Waals surface area contributed by atoms with Crippen LogP contribution in [0, 0.1) is 0 Å². The molecule has 0 aliphatic rings. The first-order valence-electron chi connectivity index (χ1n) is 5.13. The van der Waals surface area contributed by atoms with Crippen molar-refractivity contribution in [1.29, 1.82) is 0 Å². The van der Waals surface area contributed by atoms with E-state index in [2.05, 4.69) is 20.8 Å². The molecule has 7 heteroatoms. The number of hydrogen-bond donors (Lipinski definition) is 4. The fraction of sp³-hybridized carbons (Fsp3) is 0. The average Bonchev–Trinajstić information content (AvgIpc) is 2.36. The SMILES string of the molecule is Nc1cc(=O)[nH]c(NNC(=O)c2ccccc2)n1. The van der Waals surface area contributed by atoms with E-state index in [1.54, 1.807) is 30.3 Å². The van der Waals surface area contributed by atoms with E-state index in [1.807, 2.05) is 0 Å². The van der Waals surface area contributed by atoms with Crippen molar-refractivity contribution in [1.82, 2.24) is 15.4 Å². The highest BCUT2D eigenvalue weighted by Gasteiger charge is 2.04. The number of carbonyl (C=O) groups excluding carboxylic acids is 1. The molecule has 0 radical (unpaired) electrons. The summed E-state index contributed by atoms with van der Waals surface area (Å²) in [5.74, 6) is -0.208. The Labute approximate surface area is 102 Å². The Morgan fingerprint density at radius 1 is 1.28 bits per heavy atom. The Balaban J connectivity index is 2.04. The maximum Gasteiger partial charge on any atom is 0.269 e. The van der Waals surface area contributed by atoms with Crippen LogP contribution >= 0.6 is 0 Å². The highest BCUT2D eigenvalue weighted by molar-refractivity contribution is 5.94. The number of nitrogens with two attached hydrogens (primary N) is 1. The van der Waals surface area contributed by atoms with Crippen LogP contribution in [0.25, 0.3) is 0 Å². The number of nitrogens with zero attached hydrogens (tertiary/aromatic N) is 1. The molecule has 0 fully saturated rings. The van der Waals surface area contributed by atoms with E-state index in [4.69, 9.17) is 5.73 Å². The van der Waals surface area contributed by atoms with Crippen LogP contribution in [0.4, 0.5) is 11.8 Å². The molecule has 0 spiro atoms. The zero-order chi connectivity index (χ0) is 13.0. The van der Waals surface area contributed by atoms with Crippen molar-refractivity contribution in [2.75, 3.05) is 11.2 Å². The third-order valence-electron chi connectivity index (χ3n) is 2.09. The highest BCUT2D eigenvalue weighted by Crippen LogP contribution is 1.99. The van der Waals surface area contributed by atoms with Crippen LogP contribution < -0.4 is 22.1 Å². The minimum absolute atomic E-state index is 0.0650. The molecule has 2 rings (SSSR count). The van der Waals surface area contributed by atoms with Gasteiger partial charge in [0.15, 0.2) is 0 Å². The minimum Gasteiger partial charge on any atom is -0.383 e. The molecule has 1 heterocycles. The molecular weight excluding hydrogens is 234 g/mol. The van der Waals surface area contributed by atoms with Gasteiger partial charge in [-0.15, -0.1) is 0 Å². The van der Waals surface area contributed by atoms with Gasteiger partial charge in [-0.3, -0.25) is 25.4 Å². The van der Waals surface area contributed by atoms with Crippen LogP contribution in [0.1, 0.15) is 10.4 Å². The molecule has 0 saturated heterocycles. The molecule has 0 aliphatic heterocycles. The molecule has 0 saturated carbocycles. The predicted molar refractivity (Wildman–Crippen MR) is 66.8 cm³/mol. The number of benzene rings is 1. The third-order valence-corrected chi connectivity index (χ3v) is 2.09. The molecule has 1 amide bonds. The predicted octanol–water partition coefficient (Wildman–Crippen LogP) is 0.109. The van der Waals surface area contributed by atoms with Crippen molar-refractivity contribution in [3.8, 4) is 0 Å². The van der Waals surface area contributed by atoms with Gasteiger partial charge < -0.3 is 5.73 Å². The third kappa shape index (κ3) is 2.85. The number of carbonyl (C=O) groups is 1. The number of anilines is 2. The molecule has 0 aliphatic carbocycles. The summed E-state index contributed by atoms with van der Waals surface area (Å²) in [7, 11) is 0. The van der Waals surface area contributed by atoms with E-state index in [9.17, 15) is 9.59 Å². The number of nitrogen functional groups attached to an aromatic ring is 1. The lowest BCUT2D eigenvalue weighted by atomic mass is 10.2. The van der Waals surface area contributed by atoms with E-state index in [0.717, 1.165) is 6.07 Å². The molecule has 1 aromatic heterocycles. The van der Waals surface area contributed by atoms with E-state index in [0.29, 0.717) is 5.56 Å². The first kappa shape index (κ1) is 11.6. The quantitative estimate of drug-likeness (QED) is 0.573. The normalized spacial score (nSPS) is 9.78. The van der Waals surface area contributed by atoms with Gasteiger partial charge in [-0.05, 0) is 12.1 Å². The summed E-state index contributed by atoms with van der Waals surface area (Å²) in [5, 5.41) is 0. The molecule has 7 nitrogen and oxygen atoms in total. The monoisotopic (exact) mass is 245 g/mol. The second kappa shape index (κ2) is 5.00. The van der Waals surface area contributed by atoms with Crippen molar-refractivity contribution in [3.63, 3.8) is 0 Å². The van der Waals surface area contributed by atoms with Gasteiger partial charge in [0.25, 0.3) is 11.5 Å². The van der Waals surface area contributed by atoms with Crippen LogP contribution in [0.3, 0.4) is 0 Å². The van der Waals surface area contributed by atoms with Crippen molar-refractivity contribution < 1.29 is 4.79 Å². The zero-order valence-corrected chi connectivity index (χ0v) is 9.31. The largest absolute Gasteiger partial charge is 0.383 e. The van der Waals surface area contributed by atoms with Gasteiger partial charge in [0, 0.05) is 11.6 Å². The van der Waals surface area contributed by atoms with Crippen molar-refractivity contribution >= 4 is 17.7 Å². The fourth-order valence-electron chi connectivity index (χ4n) is 1.31. The lowest BCUT2D eigenvalue weighted by Gasteiger charge is -2.07. The highest BCUT2D eigenvalue weighted by atomic mass is 16.2. The number of H-pyrrole nitrogens is 1. The number of hydrazine groups is 1. The maximum absolute atomic E-state index is 11.7. The Bertz CT molecular complexity index is 608. The van der Waals surface area contributed by atoms with Crippen molar-refractivity contribution in [2.24, 2.45) is 0 Å². The molecule has 0 unspecified atom stereocenters. The number of hydrogen-bond acceptors (Lipinski definition) is 5. The van der Waals surface area contributed by atoms with E-state index in [1.165, 1.54) is 0 Å². The summed E-state index contributed by atoms with van der Waals surface area (Å²) < 4.78 is 0. The second-order valence-corrected chi connectivity index (χ2v) is 3.46.